The van der Waals surface area contributed by atoms with Crippen molar-refractivity contribution in [3.8, 4) is 16.9 Å². The Bertz CT molecular complexity index is 913. The van der Waals surface area contributed by atoms with Crippen LogP contribution in [0.4, 0.5) is 4.39 Å². The molecule has 0 spiro atoms. The Kier molecular flexibility index (Phi) is 4.72. The summed E-state index contributed by atoms with van der Waals surface area (Å²) in [5.74, 6) is -0.905. The minimum atomic E-state index is -0.528. The summed E-state index contributed by atoms with van der Waals surface area (Å²) >= 11 is 5.91. The number of rotatable bonds is 4. The first kappa shape index (κ1) is 17.0. The van der Waals surface area contributed by atoms with Crippen LogP contribution < -0.4 is 0 Å². The average Bonchev–Trinajstić information content (AvgIpc) is 3.09. The van der Waals surface area contributed by atoms with Crippen LogP contribution in [0.2, 0.25) is 5.02 Å². The molecular weight excluding hydrogens is 345 g/mol. The Morgan fingerprint density at radius 2 is 2.04 bits per heavy atom. The second-order valence-electron chi connectivity index (χ2n) is 5.64. The van der Waals surface area contributed by atoms with Gasteiger partial charge in [0.1, 0.15) is 11.6 Å². The van der Waals surface area contributed by atoms with E-state index in [-0.39, 0.29) is 22.2 Å². The SMILES string of the molecule is CN(Cc1ccn[nH]1)C(=O)c1cc(F)cc(-c2ccc(O)c(Cl)c2)c1. The largest absolute Gasteiger partial charge is 0.506 e. The second kappa shape index (κ2) is 6.94. The standard InChI is InChI=1S/C18H15ClFN3O2/c1-23(10-15-4-5-21-22-15)18(25)13-6-12(7-14(20)8-13)11-2-3-17(24)16(19)9-11/h2-9,24H,10H2,1H3,(H,21,22). The van der Waals surface area contributed by atoms with Gasteiger partial charge in [-0.2, -0.15) is 5.10 Å². The Labute approximate surface area is 148 Å². The zero-order chi connectivity index (χ0) is 18.0. The lowest BCUT2D eigenvalue weighted by Gasteiger charge is -2.17. The Balaban J connectivity index is 1.90. The molecule has 25 heavy (non-hydrogen) atoms. The molecule has 0 unspecified atom stereocenters. The van der Waals surface area contributed by atoms with Crippen molar-refractivity contribution in [3.05, 3.63) is 70.8 Å². The molecular formula is C18H15ClFN3O2. The molecule has 0 bridgehead atoms. The lowest BCUT2D eigenvalue weighted by atomic mass is 10.0. The number of benzene rings is 2. The van der Waals surface area contributed by atoms with Crippen LogP contribution in [0.1, 0.15) is 16.1 Å². The Morgan fingerprint density at radius 3 is 2.72 bits per heavy atom. The van der Waals surface area contributed by atoms with E-state index in [1.54, 1.807) is 31.4 Å². The summed E-state index contributed by atoms with van der Waals surface area (Å²) in [6.07, 6.45) is 1.60. The van der Waals surface area contributed by atoms with Gasteiger partial charge in [0, 0.05) is 18.8 Å². The highest BCUT2D eigenvalue weighted by molar-refractivity contribution is 6.32. The van der Waals surface area contributed by atoms with Gasteiger partial charge in [-0.15, -0.1) is 0 Å². The second-order valence-corrected chi connectivity index (χ2v) is 6.05. The highest BCUT2D eigenvalue weighted by Crippen LogP contribution is 2.30. The fourth-order valence-corrected chi connectivity index (χ4v) is 2.67. The zero-order valence-electron chi connectivity index (χ0n) is 13.3. The number of aromatic amines is 1. The van der Waals surface area contributed by atoms with Gasteiger partial charge in [0.2, 0.25) is 0 Å². The molecule has 0 aliphatic heterocycles. The Morgan fingerprint density at radius 1 is 1.24 bits per heavy atom. The molecule has 128 valence electrons. The van der Waals surface area contributed by atoms with Crippen molar-refractivity contribution in [1.29, 1.82) is 0 Å². The maximum atomic E-state index is 14.0. The molecule has 1 aromatic heterocycles. The normalized spacial score (nSPS) is 10.7. The van der Waals surface area contributed by atoms with E-state index >= 15 is 0 Å². The number of halogens is 2. The summed E-state index contributed by atoms with van der Waals surface area (Å²) in [6.45, 7) is 0.329. The smallest absolute Gasteiger partial charge is 0.254 e. The lowest BCUT2D eigenvalue weighted by molar-refractivity contribution is 0.0783. The van der Waals surface area contributed by atoms with Gasteiger partial charge in [-0.1, -0.05) is 17.7 Å². The minimum Gasteiger partial charge on any atom is -0.506 e. The summed E-state index contributed by atoms with van der Waals surface area (Å²) in [5, 5.41) is 16.3. The molecule has 0 atom stereocenters. The maximum absolute atomic E-state index is 14.0. The highest BCUT2D eigenvalue weighted by Gasteiger charge is 2.15. The number of aromatic nitrogens is 2. The van der Waals surface area contributed by atoms with E-state index in [4.69, 9.17) is 11.6 Å². The third-order valence-corrected chi connectivity index (χ3v) is 4.04. The van der Waals surface area contributed by atoms with Crippen LogP contribution in [-0.4, -0.2) is 33.2 Å². The summed E-state index contributed by atoms with van der Waals surface area (Å²) < 4.78 is 14.0. The predicted octanol–water partition coefficient (Wildman–Crippen LogP) is 3.85. The summed E-state index contributed by atoms with van der Waals surface area (Å²) in [6, 6.07) is 10.4. The van der Waals surface area contributed by atoms with E-state index in [2.05, 4.69) is 10.2 Å². The number of H-pyrrole nitrogens is 1. The van der Waals surface area contributed by atoms with Gasteiger partial charge in [0.15, 0.2) is 0 Å². The van der Waals surface area contributed by atoms with Gasteiger partial charge in [-0.05, 0) is 47.5 Å². The summed E-state index contributed by atoms with van der Waals surface area (Å²) in [5.41, 5.74) is 2.10. The molecule has 0 radical (unpaired) electrons. The highest BCUT2D eigenvalue weighted by atomic mass is 35.5. The third kappa shape index (κ3) is 3.80. The zero-order valence-corrected chi connectivity index (χ0v) is 14.1. The van der Waals surface area contributed by atoms with E-state index in [1.807, 2.05) is 0 Å². The molecule has 0 aliphatic carbocycles. The molecule has 7 heteroatoms. The number of nitrogens with zero attached hydrogens (tertiary/aromatic N) is 2. The molecule has 0 aliphatic rings. The van der Waals surface area contributed by atoms with Crippen molar-refractivity contribution in [2.45, 2.75) is 6.54 Å². The van der Waals surface area contributed by atoms with E-state index in [0.717, 1.165) is 5.69 Å². The van der Waals surface area contributed by atoms with Crippen LogP contribution in [0, 0.1) is 5.82 Å². The van der Waals surface area contributed by atoms with E-state index < -0.39 is 5.82 Å². The molecule has 3 rings (SSSR count). The Hall–Kier alpha value is -2.86. The summed E-state index contributed by atoms with van der Waals surface area (Å²) in [7, 11) is 1.63. The fraction of sp³-hybridized carbons (Fsp3) is 0.111. The maximum Gasteiger partial charge on any atom is 0.254 e. The van der Waals surface area contributed by atoms with E-state index in [0.29, 0.717) is 17.7 Å². The number of amides is 1. The van der Waals surface area contributed by atoms with Crippen LogP contribution in [0.15, 0.2) is 48.7 Å². The molecule has 1 amide bonds. The number of phenols is 1. The van der Waals surface area contributed by atoms with Crippen molar-refractivity contribution >= 4 is 17.5 Å². The number of carbonyl (C=O) groups is 1. The number of hydrogen-bond acceptors (Lipinski definition) is 3. The van der Waals surface area contributed by atoms with Gasteiger partial charge in [-0.25, -0.2) is 4.39 Å². The lowest BCUT2D eigenvalue weighted by Crippen LogP contribution is -2.26. The first-order valence-corrected chi connectivity index (χ1v) is 7.85. The van der Waals surface area contributed by atoms with E-state index in [1.165, 1.54) is 29.2 Å². The predicted molar refractivity (Wildman–Crippen MR) is 92.9 cm³/mol. The van der Waals surface area contributed by atoms with Crippen molar-refractivity contribution < 1.29 is 14.3 Å². The molecule has 2 N–H and O–H groups in total. The van der Waals surface area contributed by atoms with Crippen molar-refractivity contribution in [1.82, 2.24) is 15.1 Å². The van der Waals surface area contributed by atoms with Crippen LogP contribution in [0.25, 0.3) is 11.1 Å². The molecule has 3 aromatic rings. The van der Waals surface area contributed by atoms with Gasteiger partial charge < -0.3 is 10.0 Å². The van der Waals surface area contributed by atoms with E-state index in [9.17, 15) is 14.3 Å². The molecule has 0 fully saturated rings. The molecule has 2 aromatic carbocycles. The number of aromatic hydroxyl groups is 1. The number of carbonyl (C=O) groups excluding carboxylic acids is 1. The fourth-order valence-electron chi connectivity index (χ4n) is 2.49. The van der Waals surface area contributed by atoms with Crippen LogP contribution >= 0.6 is 11.6 Å². The van der Waals surface area contributed by atoms with Gasteiger partial charge in [-0.3, -0.25) is 9.89 Å². The first-order valence-electron chi connectivity index (χ1n) is 7.47. The third-order valence-electron chi connectivity index (χ3n) is 3.74. The van der Waals surface area contributed by atoms with Crippen molar-refractivity contribution in [3.63, 3.8) is 0 Å². The van der Waals surface area contributed by atoms with Crippen LogP contribution in [-0.2, 0) is 6.54 Å². The van der Waals surface area contributed by atoms with Crippen molar-refractivity contribution in [2.75, 3.05) is 7.05 Å². The number of hydrogen-bond donors (Lipinski definition) is 2. The van der Waals surface area contributed by atoms with Gasteiger partial charge in [0.25, 0.3) is 5.91 Å². The van der Waals surface area contributed by atoms with Crippen LogP contribution in [0.3, 0.4) is 0 Å². The minimum absolute atomic E-state index is 0.0580. The average molecular weight is 360 g/mol. The topological polar surface area (TPSA) is 69.2 Å². The summed E-state index contributed by atoms with van der Waals surface area (Å²) in [4.78, 5) is 14.1. The molecule has 5 nitrogen and oxygen atoms in total. The monoisotopic (exact) mass is 359 g/mol. The number of phenolic OH excluding ortho intramolecular Hbond substituents is 1. The molecule has 1 heterocycles. The molecule has 0 saturated carbocycles. The quantitative estimate of drug-likeness (QED) is 0.743. The van der Waals surface area contributed by atoms with Gasteiger partial charge in [0.05, 0.1) is 17.3 Å². The van der Waals surface area contributed by atoms with Crippen LogP contribution in [0.5, 0.6) is 5.75 Å². The van der Waals surface area contributed by atoms with Gasteiger partial charge >= 0.3 is 0 Å². The number of nitrogens with one attached hydrogen (secondary N) is 1. The molecule has 0 saturated heterocycles. The van der Waals surface area contributed by atoms with Crippen molar-refractivity contribution in [2.24, 2.45) is 0 Å². The first-order chi connectivity index (χ1) is 11.9.